The summed E-state index contributed by atoms with van der Waals surface area (Å²) in [5.41, 5.74) is 0.376. The Morgan fingerprint density at radius 2 is 1.96 bits per heavy atom. The fourth-order valence-electron chi connectivity index (χ4n) is 3.53. The van der Waals surface area contributed by atoms with Crippen LogP contribution >= 0.6 is 0 Å². The maximum atomic E-state index is 10.3. The van der Waals surface area contributed by atoms with E-state index < -0.39 is 36.7 Å². The number of fused-ring (bicyclic) bond motifs is 1. The zero-order chi connectivity index (χ0) is 19.6. The molecule has 27 heavy (non-hydrogen) atoms. The first-order chi connectivity index (χ1) is 13.0. The molecule has 0 aromatic carbocycles. The fraction of sp³-hybridized carbons (Fsp3) is 0.706. The molecule has 2 aromatic heterocycles. The van der Waals surface area contributed by atoms with Crippen molar-refractivity contribution in [1.82, 2.24) is 19.5 Å². The molecule has 3 rings (SSSR count). The summed E-state index contributed by atoms with van der Waals surface area (Å²) in [4.78, 5) is 12.9. The Balaban J connectivity index is 1.96. The Kier molecular flexibility index (Phi) is 5.92. The summed E-state index contributed by atoms with van der Waals surface area (Å²) in [5.74, 6) is 0.481. The molecule has 0 bridgehead atoms. The van der Waals surface area contributed by atoms with Crippen LogP contribution in [0.3, 0.4) is 0 Å². The quantitative estimate of drug-likeness (QED) is 0.419. The number of nitrogens with zero attached hydrogens (tertiary/aromatic N) is 4. The van der Waals surface area contributed by atoms with Gasteiger partial charge in [-0.25, -0.2) is 15.0 Å². The smallest absolute Gasteiger partial charge is 0.167 e. The average Bonchev–Trinajstić information content (AvgIpc) is 3.23. The molecule has 1 aliphatic rings. The molecule has 1 aliphatic heterocycles. The van der Waals surface area contributed by atoms with Gasteiger partial charge < -0.3 is 30.5 Å². The molecule has 0 spiro atoms. The van der Waals surface area contributed by atoms with Crippen LogP contribution in [0.2, 0.25) is 0 Å². The molecule has 1 unspecified atom stereocenters. The van der Waals surface area contributed by atoms with E-state index in [1.54, 1.807) is 0 Å². The van der Waals surface area contributed by atoms with Crippen molar-refractivity contribution in [2.24, 2.45) is 0 Å². The molecular formula is C17H27N5O5. The number of aliphatic hydroxyl groups excluding tert-OH is 4. The largest absolute Gasteiger partial charge is 0.394 e. The summed E-state index contributed by atoms with van der Waals surface area (Å²) in [6.07, 6.45) is 0.960. The van der Waals surface area contributed by atoms with Gasteiger partial charge in [0.25, 0.3) is 0 Å². The molecule has 150 valence electrons. The van der Waals surface area contributed by atoms with Gasteiger partial charge in [-0.05, 0) is 12.8 Å². The first-order valence-corrected chi connectivity index (χ1v) is 9.19. The van der Waals surface area contributed by atoms with E-state index in [1.165, 1.54) is 17.2 Å². The van der Waals surface area contributed by atoms with Crippen LogP contribution in [0, 0.1) is 0 Å². The van der Waals surface area contributed by atoms with E-state index in [-0.39, 0.29) is 6.61 Å². The van der Waals surface area contributed by atoms with E-state index in [0.717, 1.165) is 12.8 Å². The molecule has 10 nitrogen and oxygen atoms in total. The fourth-order valence-corrected chi connectivity index (χ4v) is 3.53. The van der Waals surface area contributed by atoms with Crippen LogP contribution < -0.4 is 5.32 Å². The Hall–Kier alpha value is -1.85. The highest BCUT2D eigenvalue weighted by Crippen LogP contribution is 2.33. The van der Waals surface area contributed by atoms with Crippen molar-refractivity contribution in [3.05, 3.63) is 12.7 Å². The Morgan fingerprint density at radius 1 is 1.19 bits per heavy atom. The summed E-state index contributed by atoms with van der Waals surface area (Å²) >= 11 is 0. The first kappa shape index (κ1) is 19.9. The van der Waals surface area contributed by atoms with Gasteiger partial charge in [-0.15, -0.1) is 0 Å². The van der Waals surface area contributed by atoms with Crippen molar-refractivity contribution in [1.29, 1.82) is 0 Å². The second-order valence-electron chi connectivity index (χ2n) is 6.94. The van der Waals surface area contributed by atoms with Crippen molar-refractivity contribution in [3.63, 3.8) is 0 Å². The van der Waals surface area contributed by atoms with Crippen molar-refractivity contribution in [2.75, 3.05) is 18.5 Å². The maximum Gasteiger partial charge on any atom is 0.167 e. The summed E-state index contributed by atoms with van der Waals surface area (Å²) < 4.78 is 7.07. The van der Waals surface area contributed by atoms with E-state index in [9.17, 15) is 20.4 Å². The zero-order valence-corrected chi connectivity index (χ0v) is 15.5. The van der Waals surface area contributed by atoms with Crippen molar-refractivity contribution < 1.29 is 25.2 Å². The second-order valence-corrected chi connectivity index (χ2v) is 6.94. The molecule has 5 N–H and O–H groups in total. The molecule has 5 atom stereocenters. The lowest BCUT2D eigenvalue weighted by atomic mass is 9.91. The molecule has 10 heteroatoms. The van der Waals surface area contributed by atoms with Crippen LogP contribution in [-0.4, -0.2) is 77.0 Å². The number of anilines is 1. The topological polar surface area (TPSA) is 146 Å². The van der Waals surface area contributed by atoms with Crippen LogP contribution in [-0.2, 0) is 4.74 Å². The van der Waals surface area contributed by atoms with E-state index in [1.807, 2.05) is 13.8 Å². The minimum atomic E-state index is -1.22. The summed E-state index contributed by atoms with van der Waals surface area (Å²) in [7, 11) is 0. The Morgan fingerprint density at radius 3 is 2.56 bits per heavy atom. The van der Waals surface area contributed by atoms with Crippen LogP contribution in [0.1, 0.15) is 39.3 Å². The van der Waals surface area contributed by atoms with Gasteiger partial charge in [0.05, 0.1) is 25.1 Å². The predicted octanol–water partition coefficient (Wildman–Crippen LogP) is -0.209. The molecule has 1 saturated heterocycles. The van der Waals surface area contributed by atoms with Crippen molar-refractivity contribution >= 4 is 17.0 Å². The van der Waals surface area contributed by atoms with Gasteiger partial charge in [0.2, 0.25) is 0 Å². The van der Waals surface area contributed by atoms with Gasteiger partial charge in [-0.2, -0.15) is 0 Å². The molecule has 3 heterocycles. The van der Waals surface area contributed by atoms with Crippen molar-refractivity contribution in [2.45, 2.75) is 63.2 Å². The van der Waals surface area contributed by atoms with Crippen LogP contribution in [0.25, 0.3) is 11.2 Å². The first-order valence-electron chi connectivity index (χ1n) is 9.19. The standard InChI is InChI=1S/C17H27N5O5/c1-3-5-17(4-2,7-24)21-14-11-15(19-8-18-14)22(9-20-11)16-13(26)12(25)10(6-23)27-16/h8-10,12-13,16,23-26H,3-7H2,1-2H3,(H,18,19,21)/t10-,12-,13-,16-,17?/m1/s1. The van der Waals surface area contributed by atoms with Gasteiger partial charge in [0.15, 0.2) is 23.2 Å². The molecule has 0 radical (unpaired) electrons. The Bertz CT molecular complexity index is 765. The van der Waals surface area contributed by atoms with Gasteiger partial charge in [0, 0.05) is 0 Å². The van der Waals surface area contributed by atoms with Gasteiger partial charge in [-0.1, -0.05) is 20.3 Å². The number of aromatic nitrogens is 4. The maximum absolute atomic E-state index is 10.3. The van der Waals surface area contributed by atoms with Gasteiger partial charge in [0.1, 0.15) is 24.6 Å². The molecule has 1 fully saturated rings. The SMILES string of the molecule is CCCC(CC)(CO)Nc1ncnc2c1ncn2[C@@H]1O[C@H](CO)[C@@H](O)[C@H]1O. The van der Waals surface area contributed by atoms with Crippen LogP contribution in [0.4, 0.5) is 5.82 Å². The number of hydrogen-bond donors (Lipinski definition) is 5. The number of rotatable bonds is 8. The second kappa shape index (κ2) is 8.03. The highest BCUT2D eigenvalue weighted by molar-refractivity contribution is 5.83. The number of nitrogens with one attached hydrogen (secondary N) is 1. The minimum absolute atomic E-state index is 0.0433. The highest BCUT2D eigenvalue weighted by Gasteiger charge is 2.44. The summed E-state index contributed by atoms with van der Waals surface area (Å²) in [6, 6.07) is 0. The van der Waals surface area contributed by atoms with E-state index in [0.29, 0.717) is 23.4 Å². The number of imidazole rings is 1. The highest BCUT2D eigenvalue weighted by atomic mass is 16.6. The predicted molar refractivity (Wildman–Crippen MR) is 97.0 cm³/mol. The number of aliphatic hydroxyl groups is 4. The van der Waals surface area contributed by atoms with Crippen molar-refractivity contribution in [3.8, 4) is 0 Å². The molecule has 0 amide bonds. The minimum Gasteiger partial charge on any atom is -0.394 e. The summed E-state index contributed by atoms with van der Waals surface area (Å²) in [5, 5.41) is 42.7. The molecule has 0 saturated carbocycles. The Labute approximate surface area is 156 Å². The monoisotopic (exact) mass is 381 g/mol. The molecule has 0 aliphatic carbocycles. The van der Waals surface area contributed by atoms with E-state index >= 15 is 0 Å². The van der Waals surface area contributed by atoms with Crippen LogP contribution in [0.15, 0.2) is 12.7 Å². The van der Waals surface area contributed by atoms with Gasteiger partial charge >= 0.3 is 0 Å². The van der Waals surface area contributed by atoms with E-state index in [4.69, 9.17) is 4.74 Å². The average molecular weight is 381 g/mol. The zero-order valence-electron chi connectivity index (χ0n) is 15.5. The third kappa shape index (κ3) is 3.50. The summed E-state index contributed by atoms with van der Waals surface area (Å²) in [6.45, 7) is 3.59. The lowest BCUT2D eigenvalue weighted by molar-refractivity contribution is -0.0511. The van der Waals surface area contributed by atoms with E-state index in [2.05, 4.69) is 20.3 Å². The molecular weight excluding hydrogens is 354 g/mol. The normalized spacial score (nSPS) is 27.8. The molecule has 2 aromatic rings. The lowest BCUT2D eigenvalue weighted by Crippen LogP contribution is -2.41. The number of ether oxygens (including phenoxy) is 1. The number of hydrogen-bond acceptors (Lipinski definition) is 9. The third-order valence-corrected chi connectivity index (χ3v) is 5.24. The third-order valence-electron chi connectivity index (χ3n) is 5.24. The van der Waals surface area contributed by atoms with Crippen LogP contribution in [0.5, 0.6) is 0 Å². The van der Waals surface area contributed by atoms with Gasteiger partial charge in [-0.3, -0.25) is 4.57 Å². The lowest BCUT2D eigenvalue weighted by Gasteiger charge is -2.32.